The van der Waals surface area contributed by atoms with Gasteiger partial charge >= 0.3 is 5.97 Å². The number of carbonyl (C=O) groups is 1. The van der Waals surface area contributed by atoms with Gasteiger partial charge in [-0.05, 0) is 44.0 Å². The van der Waals surface area contributed by atoms with Crippen LogP contribution < -0.4 is 0 Å². The standard InChI is InChI=1S/C17H34O5Si/c1-9-13(12(3)16(20)21)15(19)14(18)10-11(2)22-23(7,8)17(4,5)6/h11,14-15,18-19H,9-10H2,1-8H3,(H,20,21). The molecular formula is C17H34O5Si. The molecule has 23 heavy (non-hydrogen) atoms. The zero-order chi connectivity index (χ0) is 18.6. The van der Waals surface area contributed by atoms with Gasteiger partial charge < -0.3 is 19.7 Å². The van der Waals surface area contributed by atoms with E-state index in [0.29, 0.717) is 12.0 Å². The van der Waals surface area contributed by atoms with Crippen molar-refractivity contribution in [2.24, 2.45) is 0 Å². The molecule has 0 spiro atoms. The second-order valence-electron chi connectivity index (χ2n) is 7.75. The molecule has 0 aliphatic heterocycles. The predicted octanol–water partition coefficient (Wildman–Crippen LogP) is 3.32. The van der Waals surface area contributed by atoms with E-state index in [1.54, 1.807) is 6.92 Å². The molecule has 3 N–H and O–H groups in total. The molecule has 0 aromatic heterocycles. The van der Waals surface area contributed by atoms with Crippen LogP contribution >= 0.6 is 0 Å². The number of rotatable bonds is 8. The van der Waals surface area contributed by atoms with Gasteiger partial charge in [-0.25, -0.2) is 4.79 Å². The lowest BCUT2D eigenvalue weighted by Crippen LogP contribution is -2.44. The van der Waals surface area contributed by atoms with E-state index in [1.165, 1.54) is 6.92 Å². The molecule has 0 heterocycles. The smallest absolute Gasteiger partial charge is 0.331 e. The summed E-state index contributed by atoms with van der Waals surface area (Å²) in [6.45, 7) is 15.8. The Balaban J connectivity index is 4.97. The maximum absolute atomic E-state index is 11.1. The summed E-state index contributed by atoms with van der Waals surface area (Å²) < 4.78 is 6.18. The highest BCUT2D eigenvalue weighted by molar-refractivity contribution is 6.74. The zero-order valence-corrected chi connectivity index (χ0v) is 16.8. The third-order valence-electron chi connectivity index (χ3n) is 4.78. The number of aliphatic hydroxyl groups excluding tert-OH is 2. The van der Waals surface area contributed by atoms with Crippen LogP contribution in [0.2, 0.25) is 18.1 Å². The van der Waals surface area contributed by atoms with Crippen LogP contribution in [0, 0.1) is 0 Å². The molecule has 0 amide bonds. The van der Waals surface area contributed by atoms with Crippen LogP contribution in [-0.4, -0.2) is 47.9 Å². The van der Waals surface area contributed by atoms with E-state index in [1.807, 2.05) is 6.92 Å². The van der Waals surface area contributed by atoms with Gasteiger partial charge in [0.1, 0.15) is 6.10 Å². The van der Waals surface area contributed by atoms with Crippen LogP contribution in [0.1, 0.15) is 54.4 Å². The van der Waals surface area contributed by atoms with Crippen molar-refractivity contribution in [1.29, 1.82) is 0 Å². The van der Waals surface area contributed by atoms with Crippen molar-refractivity contribution in [1.82, 2.24) is 0 Å². The molecule has 0 bridgehead atoms. The van der Waals surface area contributed by atoms with Gasteiger partial charge in [0, 0.05) is 18.1 Å². The van der Waals surface area contributed by atoms with Crippen LogP contribution in [-0.2, 0) is 9.22 Å². The number of aliphatic hydroxyl groups is 2. The normalized spacial score (nSPS) is 18.2. The number of hydrogen-bond acceptors (Lipinski definition) is 4. The highest BCUT2D eigenvalue weighted by Crippen LogP contribution is 2.37. The maximum Gasteiger partial charge on any atom is 0.331 e. The van der Waals surface area contributed by atoms with Crippen LogP contribution in [0.4, 0.5) is 0 Å². The first-order valence-electron chi connectivity index (χ1n) is 8.21. The predicted molar refractivity (Wildman–Crippen MR) is 95.0 cm³/mol. The summed E-state index contributed by atoms with van der Waals surface area (Å²) in [6.07, 6.45) is -1.78. The van der Waals surface area contributed by atoms with Crippen molar-refractivity contribution in [3.63, 3.8) is 0 Å². The summed E-state index contributed by atoms with van der Waals surface area (Å²) in [7, 11) is -1.94. The molecule has 0 radical (unpaired) electrons. The summed E-state index contributed by atoms with van der Waals surface area (Å²) in [6, 6.07) is 0. The summed E-state index contributed by atoms with van der Waals surface area (Å²) in [5.41, 5.74) is 0.460. The topological polar surface area (TPSA) is 87.0 Å². The highest BCUT2D eigenvalue weighted by Gasteiger charge is 2.39. The van der Waals surface area contributed by atoms with E-state index >= 15 is 0 Å². The molecule has 0 aliphatic rings. The number of aliphatic carboxylic acids is 1. The van der Waals surface area contributed by atoms with Gasteiger partial charge in [0.2, 0.25) is 0 Å². The molecule has 0 aliphatic carbocycles. The summed E-state index contributed by atoms with van der Waals surface area (Å²) >= 11 is 0. The van der Waals surface area contributed by atoms with Crippen molar-refractivity contribution in [3.05, 3.63) is 11.1 Å². The second-order valence-corrected chi connectivity index (χ2v) is 12.5. The molecule has 0 aromatic carbocycles. The van der Waals surface area contributed by atoms with Gasteiger partial charge in [-0.2, -0.15) is 0 Å². The Labute approximate surface area is 141 Å². The summed E-state index contributed by atoms with van der Waals surface area (Å²) in [5, 5.41) is 29.7. The van der Waals surface area contributed by atoms with Gasteiger partial charge in [0.05, 0.1) is 6.10 Å². The average Bonchev–Trinajstić information content (AvgIpc) is 2.36. The number of carboxylic acids is 1. The van der Waals surface area contributed by atoms with E-state index in [2.05, 4.69) is 33.9 Å². The minimum absolute atomic E-state index is 0.0687. The third-order valence-corrected chi connectivity index (χ3v) is 9.38. The van der Waals surface area contributed by atoms with Crippen LogP contribution in [0.5, 0.6) is 0 Å². The fraction of sp³-hybridized carbons (Fsp3) is 0.824. The Morgan fingerprint density at radius 2 is 1.70 bits per heavy atom. The van der Waals surface area contributed by atoms with Crippen LogP contribution in [0.15, 0.2) is 11.1 Å². The largest absolute Gasteiger partial charge is 0.478 e. The molecule has 0 saturated carbocycles. The average molecular weight is 347 g/mol. The van der Waals surface area contributed by atoms with Gasteiger partial charge in [-0.3, -0.25) is 0 Å². The molecule has 6 heteroatoms. The summed E-state index contributed by atoms with van der Waals surface area (Å²) in [5.74, 6) is -1.07. The van der Waals surface area contributed by atoms with E-state index in [4.69, 9.17) is 9.53 Å². The van der Waals surface area contributed by atoms with E-state index in [0.717, 1.165) is 0 Å². The van der Waals surface area contributed by atoms with Gasteiger partial charge in [0.25, 0.3) is 0 Å². The van der Waals surface area contributed by atoms with Gasteiger partial charge in [-0.1, -0.05) is 27.7 Å². The first-order chi connectivity index (χ1) is 10.2. The Morgan fingerprint density at radius 3 is 2.04 bits per heavy atom. The SMILES string of the molecule is CCC(=C(C)C(=O)O)C(O)C(O)CC(C)O[Si](C)(C)C(C)(C)C. The van der Waals surface area contributed by atoms with Crippen LogP contribution in [0.3, 0.4) is 0 Å². The highest BCUT2D eigenvalue weighted by atomic mass is 28.4. The molecule has 3 atom stereocenters. The van der Waals surface area contributed by atoms with Crippen molar-refractivity contribution >= 4 is 14.3 Å². The van der Waals surface area contributed by atoms with Crippen LogP contribution in [0.25, 0.3) is 0 Å². The first kappa shape index (κ1) is 22.3. The number of carboxylic acid groups (broad SMARTS) is 1. The van der Waals surface area contributed by atoms with E-state index in [9.17, 15) is 15.0 Å². The van der Waals surface area contributed by atoms with Crippen molar-refractivity contribution in [2.45, 2.75) is 90.8 Å². The minimum Gasteiger partial charge on any atom is -0.478 e. The minimum atomic E-state index is -1.94. The monoisotopic (exact) mass is 346 g/mol. The van der Waals surface area contributed by atoms with Crippen molar-refractivity contribution in [2.75, 3.05) is 0 Å². The molecule has 0 saturated heterocycles. The van der Waals surface area contributed by atoms with E-state index in [-0.39, 0.29) is 23.1 Å². The molecule has 0 fully saturated rings. The first-order valence-corrected chi connectivity index (χ1v) is 11.1. The lowest BCUT2D eigenvalue weighted by Gasteiger charge is -2.39. The van der Waals surface area contributed by atoms with Gasteiger partial charge in [0.15, 0.2) is 8.32 Å². The molecule has 5 nitrogen and oxygen atoms in total. The lowest BCUT2D eigenvalue weighted by atomic mass is 9.94. The second kappa shape index (κ2) is 8.42. The Kier molecular flexibility index (Phi) is 8.16. The van der Waals surface area contributed by atoms with Gasteiger partial charge in [-0.15, -0.1) is 0 Å². The Hall–Kier alpha value is -0.693. The van der Waals surface area contributed by atoms with Crippen molar-refractivity contribution in [3.8, 4) is 0 Å². The number of hydrogen-bond donors (Lipinski definition) is 3. The summed E-state index contributed by atoms with van der Waals surface area (Å²) in [4.78, 5) is 11.1. The van der Waals surface area contributed by atoms with Crippen molar-refractivity contribution < 1.29 is 24.5 Å². The Morgan fingerprint density at radius 1 is 1.22 bits per heavy atom. The fourth-order valence-electron chi connectivity index (χ4n) is 2.26. The Bertz CT molecular complexity index is 437. The molecule has 136 valence electrons. The molecule has 3 unspecified atom stereocenters. The molecule has 0 rings (SSSR count). The zero-order valence-electron chi connectivity index (χ0n) is 15.8. The van der Waals surface area contributed by atoms with E-state index < -0.39 is 26.5 Å². The molecular weight excluding hydrogens is 312 g/mol. The molecule has 0 aromatic rings. The third kappa shape index (κ3) is 6.37. The quantitative estimate of drug-likeness (QED) is 0.463. The maximum atomic E-state index is 11.1. The lowest BCUT2D eigenvalue weighted by molar-refractivity contribution is -0.132. The fourth-order valence-corrected chi connectivity index (χ4v) is 3.72.